The molecule has 0 fully saturated rings. The number of amides is 2. The van der Waals surface area contributed by atoms with Crippen LogP contribution in [0.2, 0.25) is 0 Å². The molecule has 0 saturated carbocycles. The number of pyridine rings is 1. The van der Waals surface area contributed by atoms with E-state index in [0.29, 0.717) is 18.7 Å². The maximum Gasteiger partial charge on any atom is 0.251 e. The van der Waals surface area contributed by atoms with Crippen molar-refractivity contribution in [2.75, 3.05) is 25.1 Å². The average Bonchev–Trinajstić information content (AvgIpc) is 3.20. The first kappa shape index (κ1) is 21.2. The van der Waals surface area contributed by atoms with Crippen LogP contribution in [0.1, 0.15) is 19.5 Å². The number of rotatable bonds is 8. The minimum Gasteiger partial charge on any atom is -0.372 e. The number of anilines is 1. The predicted molar refractivity (Wildman–Crippen MR) is 116 cm³/mol. The summed E-state index contributed by atoms with van der Waals surface area (Å²) in [5.74, 6) is -0.416. The first-order chi connectivity index (χ1) is 14.5. The van der Waals surface area contributed by atoms with Crippen molar-refractivity contribution in [2.45, 2.75) is 20.0 Å². The van der Waals surface area contributed by atoms with Crippen LogP contribution in [0.3, 0.4) is 0 Å². The van der Waals surface area contributed by atoms with Crippen molar-refractivity contribution < 1.29 is 14.3 Å². The van der Waals surface area contributed by atoms with Crippen LogP contribution in [0.25, 0.3) is 16.6 Å². The van der Waals surface area contributed by atoms with Gasteiger partial charge in [0.25, 0.3) is 5.91 Å². The number of aromatic amines is 1. The highest BCUT2D eigenvalue weighted by atomic mass is 16.5. The molecule has 0 radical (unpaired) electrons. The molecule has 2 heterocycles. The van der Waals surface area contributed by atoms with Crippen LogP contribution in [-0.2, 0) is 14.3 Å². The third kappa shape index (κ3) is 4.90. The van der Waals surface area contributed by atoms with Gasteiger partial charge in [0.1, 0.15) is 6.10 Å². The number of allylic oxidation sites excluding steroid dienone is 1. The molecule has 0 unspecified atom stereocenters. The maximum absolute atomic E-state index is 13.1. The van der Waals surface area contributed by atoms with Crippen molar-refractivity contribution in [2.24, 2.45) is 0 Å². The van der Waals surface area contributed by atoms with Crippen molar-refractivity contribution in [3.05, 3.63) is 60.4 Å². The van der Waals surface area contributed by atoms with Crippen molar-refractivity contribution in [1.82, 2.24) is 20.5 Å². The number of nitrogens with one attached hydrogen (secondary N) is 2. The number of carbonyl (C=O) groups is 2. The lowest BCUT2D eigenvalue weighted by Crippen LogP contribution is -2.41. The van der Waals surface area contributed by atoms with Gasteiger partial charge in [-0.1, -0.05) is 18.2 Å². The smallest absolute Gasteiger partial charge is 0.251 e. The van der Waals surface area contributed by atoms with Gasteiger partial charge in [-0.05, 0) is 43.7 Å². The van der Waals surface area contributed by atoms with E-state index >= 15 is 0 Å². The number of hydrogen-bond donors (Lipinski definition) is 2. The Morgan fingerprint density at radius 3 is 2.73 bits per heavy atom. The van der Waals surface area contributed by atoms with Gasteiger partial charge >= 0.3 is 0 Å². The van der Waals surface area contributed by atoms with Gasteiger partial charge in [-0.3, -0.25) is 14.7 Å². The van der Waals surface area contributed by atoms with Crippen molar-refractivity contribution in [3.63, 3.8) is 0 Å². The second-order valence-electron chi connectivity index (χ2n) is 6.79. The molecule has 2 N–H and O–H groups in total. The molecule has 8 heteroatoms. The van der Waals surface area contributed by atoms with Gasteiger partial charge < -0.3 is 15.0 Å². The zero-order valence-corrected chi connectivity index (χ0v) is 17.3. The molecular formula is C22H25N5O3. The molecule has 0 aliphatic heterocycles. The summed E-state index contributed by atoms with van der Waals surface area (Å²) in [6.07, 6.45) is 2.69. The Bertz CT molecular complexity index is 1050. The first-order valence-electron chi connectivity index (χ1n) is 9.66. The Hall–Kier alpha value is -3.52. The van der Waals surface area contributed by atoms with Gasteiger partial charge in [0.2, 0.25) is 5.91 Å². The molecule has 0 spiro atoms. The van der Waals surface area contributed by atoms with Gasteiger partial charge in [-0.2, -0.15) is 5.10 Å². The molecule has 30 heavy (non-hydrogen) atoms. The molecule has 0 aliphatic rings. The minimum absolute atomic E-state index is 0.195. The summed E-state index contributed by atoms with van der Waals surface area (Å²) in [4.78, 5) is 30.9. The molecule has 0 bridgehead atoms. The number of ether oxygens (including phenoxy) is 1. The van der Waals surface area contributed by atoms with Crippen LogP contribution in [0.5, 0.6) is 0 Å². The van der Waals surface area contributed by atoms with Crippen LogP contribution < -0.4 is 10.2 Å². The summed E-state index contributed by atoms with van der Waals surface area (Å²) in [7, 11) is 1.48. The number of nitrogens with zero attached hydrogens (tertiary/aromatic N) is 3. The quantitative estimate of drug-likeness (QED) is 0.559. The van der Waals surface area contributed by atoms with Crippen LogP contribution in [-0.4, -0.2) is 53.3 Å². The lowest BCUT2D eigenvalue weighted by atomic mass is 10.1. The highest BCUT2D eigenvalue weighted by molar-refractivity contribution is 6.06. The van der Waals surface area contributed by atoms with E-state index in [9.17, 15) is 9.59 Å². The maximum atomic E-state index is 13.1. The Labute approximate surface area is 174 Å². The molecule has 2 aromatic heterocycles. The second kappa shape index (κ2) is 9.80. The average molecular weight is 407 g/mol. The SMILES string of the molecule is CO[C@@H](C)C(=O)NCCN(C(=O)/C=C(\C)c1[nH]nc2ncccc12)c1ccccc1. The molecule has 0 saturated heterocycles. The summed E-state index contributed by atoms with van der Waals surface area (Å²) >= 11 is 0. The van der Waals surface area contributed by atoms with Gasteiger partial charge in [-0.25, -0.2) is 4.98 Å². The van der Waals surface area contributed by atoms with Crippen LogP contribution in [0.15, 0.2) is 54.7 Å². The van der Waals surface area contributed by atoms with E-state index in [1.807, 2.05) is 49.4 Å². The molecule has 1 aromatic carbocycles. The van der Waals surface area contributed by atoms with Crippen LogP contribution in [0, 0.1) is 0 Å². The van der Waals surface area contributed by atoms with Gasteiger partial charge in [-0.15, -0.1) is 0 Å². The Balaban J connectivity index is 1.79. The van der Waals surface area contributed by atoms with E-state index in [0.717, 1.165) is 22.3 Å². The predicted octanol–water partition coefficient (Wildman–Crippen LogP) is 2.55. The van der Waals surface area contributed by atoms with Crippen molar-refractivity contribution in [1.29, 1.82) is 0 Å². The number of aromatic nitrogens is 3. The van der Waals surface area contributed by atoms with E-state index in [1.54, 1.807) is 24.1 Å². The van der Waals surface area contributed by atoms with E-state index < -0.39 is 6.10 Å². The van der Waals surface area contributed by atoms with Crippen LogP contribution >= 0.6 is 0 Å². The Kier molecular flexibility index (Phi) is 6.92. The molecule has 1 atom stereocenters. The molecule has 3 rings (SSSR count). The van der Waals surface area contributed by atoms with E-state index in [1.165, 1.54) is 7.11 Å². The zero-order chi connectivity index (χ0) is 21.5. The lowest BCUT2D eigenvalue weighted by Gasteiger charge is -2.22. The largest absolute Gasteiger partial charge is 0.372 e. The summed E-state index contributed by atoms with van der Waals surface area (Å²) < 4.78 is 5.01. The molecule has 0 aliphatic carbocycles. The van der Waals surface area contributed by atoms with Crippen molar-refractivity contribution >= 4 is 34.1 Å². The fourth-order valence-electron chi connectivity index (χ4n) is 3.00. The standard InChI is InChI=1S/C22H25N5O3/c1-15(20-18-10-7-11-23-21(18)26-25-20)14-19(28)27(17-8-5-4-6-9-17)13-12-24-22(29)16(2)30-3/h4-11,14,16H,12-13H2,1-3H3,(H,24,29)(H,23,25,26)/b15-14+/t16-/m0/s1. The molecular weight excluding hydrogens is 382 g/mol. The number of para-hydroxylation sites is 1. The van der Waals surface area contributed by atoms with Crippen molar-refractivity contribution in [3.8, 4) is 0 Å². The zero-order valence-electron chi connectivity index (χ0n) is 17.3. The van der Waals surface area contributed by atoms with Gasteiger partial charge in [0.05, 0.1) is 5.69 Å². The fraction of sp³-hybridized carbons (Fsp3) is 0.273. The number of carbonyl (C=O) groups excluding carboxylic acids is 2. The number of fused-ring (bicyclic) bond motifs is 1. The lowest BCUT2D eigenvalue weighted by molar-refractivity contribution is -0.130. The fourth-order valence-corrected chi connectivity index (χ4v) is 3.00. The highest BCUT2D eigenvalue weighted by Crippen LogP contribution is 2.22. The van der Waals surface area contributed by atoms with E-state index in [-0.39, 0.29) is 11.8 Å². The first-order valence-corrected chi connectivity index (χ1v) is 9.66. The van der Waals surface area contributed by atoms with E-state index in [2.05, 4.69) is 20.5 Å². The van der Waals surface area contributed by atoms with Crippen LogP contribution in [0.4, 0.5) is 5.69 Å². The summed E-state index contributed by atoms with van der Waals surface area (Å²) in [5, 5.41) is 10.8. The highest BCUT2D eigenvalue weighted by Gasteiger charge is 2.17. The molecule has 3 aromatic rings. The summed E-state index contributed by atoms with van der Waals surface area (Å²) in [6, 6.07) is 13.1. The Morgan fingerprint density at radius 2 is 2.00 bits per heavy atom. The third-order valence-corrected chi connectivity index (χ3v) is 4.76. The normalized spacial score (nSPS) is 12.6. The minimum atomic E-state index is -0.546. The number of hydrogen-bond acceptors (Lipinski definition) is 5. The van der Waals surface area contributed by atoms with E-state index in [4.69, 9.17) is 4.74 Å². The number of H-pyrrole nitrogens is 1. The molecule has 2 amide bonds. The Morgan fingerprint density at radius 1 is 1.23 bits per heavy atom. The second-order valence-corrected chi connectivity index (χ2v) is 6.79. The number of methoxy groups -OCH3 is 1. The van der Waals surface area contributed by atoms with Gasteiger partial charge in [0.15, 0.2) is 5.65 Å². The topological polar surface area (TPSA) is 100 Å². The molecule has 156 valence electrons. The molecule has 8 nitrogen and oxygen atoms in total. The monoisotopic (exact) mass is 407 g/mol. The number of benzene rings is 1. The summed E-state index contributed by atoms with van der Waals surface area (Å²) in [6.45, 7) is 4.14. The summed E-state index contributed by atoms with van der Waals surface area (Å²) in [5.41, 5.74) is 2.84. The van der Waals surface area contributed by atoms with Gasteiger partial charge in [0, 0.05) is 43.5 Å². The third-order valence-electron chi connectivity index (χ3n) is 4.76.